The number of nitrogens with one attached hydrogen (secondary N) is 1. The molecule has 0 amide bonds. The summed E-state index contributed by atoms with van der Waals surface area (Å²) in [4.78, 5) is 8.87. The largest absolute Gasteiger partial charge is 0.308 e. The van der Waals surface area contributed by atoms with Crippen LogP contribution in [-0.2, 0) is 6.42 Å². The SMILES string of the molecule is NNc1ccnc(C2CCCc3ccccc32)n1. The number of nitrogen functional groups attached to an aromatic ring is 1. The number of aryl methyl sites for hydroxylation is 1. The lowest BCUT2D eigenvalue weighted by Gasteiger charge is -2.24. The minimum absolute atomic E-state index is 0.295. The Morgan fingerprint density at radius 2 is 2.11 bits per heavy atom. The van der Waals surface area contributed by atoms with Crippen molar-refractivity contribution >= 4 is 5.82 Å². The molecule has 3 rings (SSSR count). The molecule has 0 fully saturated rings. The lowest BCUT2D eigenvalue weighted by molar-refractivity contribution is 0.590. The minimum Gasteiger partial charge on any atom is -0.308 e. The van der Waals surface area contributed by atoms with Gasteiger partial charge >= 0.3 is 0 Å². The highest BCUT2D eigenvalue weighted by Crippen LogP contribution is 2.34. The Morgan fingerprint density at radius 1 is 1.22 bits per heavy atom. The zero-order valence-corrected chi connectivity index (χ0v) is 10.1. The molecule has 2 aromatic rings. The summed E-state index contributed by atoms with van der Waals surface area (Å²) in [6.45, 7) is 0. The van der Waals surface area contributed by atoms with Crippen LogP contribution in [0.25, 0.3) is 0 Å². The number of aromatic nitrogens is 2. The second-order valence-electron chi connectivity index (χ2n) is 4.59. The van der Waals surface area contributed by atoms with Gasteiger partial charge in [0.1, 0.15) is 11.6 Å². The third-order valence-electron chi connectivity index (χ3n) is 3.50. The molecule has 4 heteroatoms. The number of hydrazine groups is 1. The predicted octanol–water partition coefficient (Wildman–Crippen LogP) is 2.23. The molecular formula is C14H16N4. The van der Waals surface area contributed by atoms with Crippen molar-refractivity contribution in [2.24, 2.45) is 5.84 Å². The van der Waals surface area contributed by atoms with Crippen molar-refractivity contribution < 1.29 is 0 Å². The van der Waals surface area contributed by atoms with Crippen LogP contribution in [0.1, 0.15) is 35.7 Å². The normalized spacial score (nSPS) is 18.2. The minimum atomic E-state index is 0.295. The van der Waals surface area contributed by atoms with Crippen molar-refractivity contribution in [2.45, 2.75) is 25.2 Å². The van der Waals surface area contributed by atoms with E-state index in [1.165, 1.54) is 17.5 Å². The van der Waals surface area contributed by atoms with Gasteiger partial charge in [-0.3, -0.25) is 0 Å². The molecule has 0 radical (unpaired) electrons. The summed E-state index contributed by atoms with van der Waals surface area (Å²) in [5.74, 6) is 7.23. The van der Waals surface area contributed by atoms with Crippen LogP contribution in [0.2, 0.25) is 0 Å². The van der Waals surface area contributed by atoms with Crippen molar-refractivity contribution in [3.05, 3.63) is 53.5 Å². The maximum Gasteiger partial charge on any atom is 0.143 e. The molecule has 92 valence electrons. The first kappa shape index (κ1) is 11.2. The van der Waals surface area contributed by atoms with Crippen molar-refractivity contribution in [1.82, 2.24) is 9.97 Å². The zero-order valence-electron chi connectivity index (χ0n) is 10.1. The van der Waals surface area contributed by atoms with Gasteiger partial charge in [-0.05, 0) is 30.4 Å². The molecule has 0 saturated carbocycles. The van der Waals surface area contributed by atoms with Gasteiger partial charge < -0.3 is 5.43 Å². The number of nitrogens with two attached hydrogens (primary N) is 1. The lowest BCUT2D eigenvalue weighted by atomic mass is 9.82. The van der Waals surface area contributed by atoms with Crippen LogP contribution >= 0.6 is 0 Å². The molecule has 18 heavy (non-hydrogen) atoms. The van der Waals surface area contributed by atoms with Crippen LogP contribution in [0.5, 0.6) is 0 Å². The maximum atomic E-state index is 5.40. The van der Waals surface area contributed by atoms with E-state index in [0.29, 0.717) is 11.7 Å². The van der Waals surface area contributed by atoms with E-state index in [-0.39, 0.29) is 0 Å². The van der Waals surface area contributed by atoms with E-state index in [1.807, 2.05) is 0 Å². The van der Waals surface area contributed by atoms with Crippen molar-refractivity contribution in [3.8, 4) is 0 Å². The highest BCUT2D eigenvalue weighted by Gasteiger charge is 2.23. The van der Waals surface area contributed by atoms with Crippen LogP contribution in [-0.4, -0.2) is 9.97 Å². The van der Waals surface area contributed by atoms with E-state index in [1.54, 1.807) is 12.3 Å². The second kappa shape index (κ2) is 4.74. The Balaban J connectivity index is 2.02. The first-order chi connectivity index (χ1) is 8.88. The van der Waals surface area contributed by atoms with E-state index in [0.717, 1.165) is 18.7 Å². The Hall–Kier alpha value is -1.94. The van der Waals surface area contributed by atoms with Gasteiger partial charge in [0.15, 0.2) is 0 Å². The fourth-order valence-corrected chi connectivity index (χ4v) is 2.64. The Morgan fingerprint density at radius 3 is 3.00 bits per heavy atom. The average Bonchev–Trinajstić information content (AvgIpc) is 2.47. The molecule has 1 atom stereocenters. The highest BCUT2D eigenvalue weighted by atomic mass is 15.3. The third-order valence-corrected chi connectivity index (χ3v) is 3.50. The van der Waals surface area contributed by atoms with Gasteiger partial charge in [-0.1, -0.05) is 24.3 Å². The summed E-state index contributed by atoms with van der Waals surface area (Å²) in [5.41, 5.74) is 5.36. The van der Waals surface area contributed by atoms with Crippen LogP contribution < -0.4 is 11.3 Å². The summed E-state index contributed by atoms with van der Waals surface area (Å²) in [7, 11) is 0. The lowest BCUT2D eigenvalue weighted by Crippen LogP contribution is -2.15. The van der Waals surface area contributed by atoms with E-state index >= 15 is 0 Å². The summed E-state index contributed by atoms with van der Waals surface area (Å²) in [5, 5.41) is 0. The fourth-order valence-electron chi connectivity index (χ4n) is 2.64. The number of anilines is 1. The topological polar surface area (TPSA) is 63.8 Å². The molecule has 0 saturated heterocycles. The Bertz CT molecular complexity index is 553. The number of hydrogen-bond donors (Lipinski definition) is 2. The van der Waals surface area contributed by atoms with Gasteiger partial charge in [0, 0.05) is 18.2 Å². The number of nitrogens with zero attached hydrogens (tertiary/aromatic N) is 2. The summed E-state index contributed by atoms with van der Waals surface area (Å²) in [6, 6.07) is 10.3. The molecule has 1 unspecified atom stereocenters. The standard InChI is InChI=1S/C14H16N4/c15-18-13-8-9-16-14(17-13)12-7-3-5-10-4-1-2-6-11(10)12/h1-2,4,6,8-9,12H,3,5,7,15H2,(H,16,17,18). The smallest absolute Gasteiger partial charge is 0.143 e. The average molecular weight is 240 g/mol. The van der Waals surface area contributed by atoms with Gasteiger partial charge in [0.05, 0.1) is 0 Å². The van der Waals surface area contributed by atoms with Gasteiger partial charge in [-0.2, -0.15) is 0 Å². The molecule has 3 N–H and O–H groups in total. The quantitative estimate of drug-likeness (QED) is 0.624. The molecule has 0 bridgehead atoms. The Kier molecular flexibility index (Phi) is 2.94. The number of hydrogen-bond acceptors (Lipinski definition) is 4. The molecule has 1 aromatic heterocycles. The van der Waals surface area contributed by atoms with Crippen molar-refractivity contribution in [3.63, 3.8) is 0 Å². The van der Waals surface area contributed by atoms with Crippen LogP contribution in [0.15, 0.2) is 36.5 Å². The number of rotatable bonds is 2. The van der Waals surface area contributed by atoms with Gasteiger partial charge in [0.25, 0.3) is 0 Å². The van der Waals surface area contributed by atoms with Crippen LogP contribution in [0.4, 0.5) is 5.82 Å². The summed E-state index contributed by atoms with van der Waals surface area (Å²) < 4.78 is 0. The first-order valence-electron chi connectivity index (χ1n) is 6.26. The second-order valence-corrected chi connectivity index (χ2v) is 4.59. The number of benzene rings is 1. The third kappa shape index (κ3) is 1.95. The molecule has 0 aliphatic heterocycles. The van der Waals surface area contributed by atoms with E-state index in [4.69, 9.17) is 5.84 Å². The highest BCUT2D eigenvalue weighted by molar-refractivity contribution is 5.38. The zero-order chi connectivity index (χ0) is 12.4. The number of fused-ring (bicyclic) bond motifs is 1. The maximum absolute atomic E-state index is 5.40. The predicted molar refractivity (Wildman–Crippen MR) is 71.1 cm³/mol. The molecule has 0 spiro atoms. The van der Waals surface area contributed by atoms with E-state index in [2.05, 4.69) is 39.7 Å². The summed E-state index contributed by atoms with van der Waals surface area (Å²) >= 11 is 0. The van der Waals surface area contributed by atoms with Gasteiger partial charge in [0.2, 0.25) is 0 Å². The molecule has 4 nitrogen and oxygen atoms in total. The van der Waals surface area contributed by atoms with Gasteiger partial charge in [-0.25, -0.2) is 15.8 Å². The van der Waals surface area contributed by atoms with Gasteiger partial charge in [-0.15, -0.1) is 0 Å². The molecule has 1 aliphatic carbocycles. The van der Waals surface area contributed by atoms with E-state index in [9.17, 15) is 0 Å². The Labute approximate surface area is 106 Å². The first-order valence-corrected chi connectivity index (χ1v) is 6.26. The van der Waals surface area contributed by atoms with Crippen molar-refractivity contribution in [1.29, 1.82) is 0 Å². The molecule has 1 heterocycles. The molecule has 1 aliphatic rings. The van der Waals surface area contributed by atoms with E-state index < -0.39 is 0 Å². The molecule has 1 aromatic carbocycles. The van der Waals surface area contributed by atoms with Crippen LogP contribution in [0.3, 0.4) is 0 Å². The molecular weight excluding hydrogens is 224 g/mol. The fraction of sp³-hybridized carbons (Fsp3) is 0.286. The van der Waals surface area contributed by atoms with Crippen molar-refractivity contribution in [2.75, 3.05) is 5.43 Å². The summed E-state index contributed by atoms with van der Waals surface area (Å²) in [6.07, 6.45) is 5.20. The van der Waals surface area contributed by atoms with Crippen LogP contribution in [0, 0.1) is 0 Å². The monoisotopic (exact) mass is 240 g/mol.